The van der Waals surface area contributed by atoms with Crippen LogP contribution in [0.5, 0.6) is 0 Å². The summed E-state index contributed by atoms with van der Waals surface area (Å²) in [5.41, 5.74) is 1.27. The van der Waals surface area contributed by atoms with Gasteiger partial charge in [-0.05, 0) is 41.6 Å². The van der Waals surface area contributed by atoms with Crippen LogP contribution < -0.4 is 5.32 Å². The van der Waals surface area contributed by atoms with Gasteiger partial charge in [-0.25, -0.2) is 4.39 Å². The zero-order chi connectivity index (χ0) is 12.1. The van der Waals surface area contributed by atoms with E-state index in [4.69, 9.17) is 0 Å². The third-order valence-corrected chi connectivity index (χ3v) is 4.38. The van der Waals surface area contributed by atoms with Crippen LogP contribution in [-0.4, -0.2) is 12.8 Å². The van der Waals surface area contributed by atoms with Crippen molar-refractivity contribution in [3.63, 3.8) is 0 Å². The van der Waals surface area contributed by atoms with E-state index in [1.165, 1.54) is 11.6 Å². The molecule has 90 valence electrons. The van der Waals surface area contributed by atoms with Crippen LogP contribution in [-0.2, 0) is 0 Å². The first-order chi connectivity index (χ1) is 8.31. The number of rotatable bonds is 5. The molecule has 2 aromatic rings. The molecule has 1 unspecified atom stereocenters. The van der Waals surface area contributed by atoms with Crippen molar-refractivity contribution in [1.82, 2.24) is 5.32 Å². The first kappa shape index (κ1) is 12.6. The van der Waals surface area contributed by atoms with Gasteiger partial charge in [0.1, 0.15) is 5.82 Å². The van der Waals surface area contributed by atoms with Crippen molar-refractivity contribution < 1.29 is 4.39 Å². The normalized spacial score (nSPS) is 12.6. The molecule has 1 aromatic heterocycles. The Morgan fingerprint density at radius 2 is 2.18 bits per heavy atom. The molecular formula is C13H14FNS2. The Bertz CT molecular complexity index is 456. The molecule has 1 atom stereocenters. The molecule has 0 aliphatic rings. The summed E-state index contributed by atoms with van der Waals surface area (Å²) in [5, 5.41) is 7.45. The highest BCUT2D eigenvalue weighted by Gasteiger charge is 2.11. The van der Waals surface area contributed by atoms with E-state index in [9.17, 15) is 4.39 Å². The van der Waals surface area contributed by atoms with E-state index in [-0.39, 0.29) is 11.9 Å². The van der Waals surface area contributed by atoms with Crippen LogP contribution in [0.15, 0.2) is 46.0 Å². The smallest absolute Gasteiger partial charge is 0.136 e. The number of nitrogens with one attached hydrogen (secondary N) is 1. The summed E-state index contributed by atoms with van der Waals surface area (Å²) in [4.78, 5) is 0.711. The maximum Gasteiger partial charge on any atom is 0.136 e. The molecule has 0 saturated carbocycles. The monoisotopic (exact) mass is 267 g/mol. The van der Waals surface area contributed by atoms with Gasteiger partial charge < -0.3 is 5.32 Å². The topological polar surface area (TPSA) is 12.0 Å². The molecule has 2 rings (SSSR count). The van der Waals surface area contributed by atoms with Crippen molar-refractivity contribution in [2.45, 2.75) is 10.9 Å². The number of hydrogen-bond acceptors (Lipinski definition) is 3. The maximum absolute atomic E-state index is 13.4. The van der Waals surface area contributed by atoms with Crippen molar-refractivity contribution in [2.24, 2.45) is 0 Å². The van der Waals surface area contributed by atoms with Gasteiger partial charge in [-0.1, -0.05) is 12.1 Å². The molecule has 1 N–H and O–H groups in total. The molecule has 4 heteroatoms. The molecular weight excluding hydrogens is 253 g/mol. The minimum atomic E-state index is -0.141. The quantitative estimate of drug-likeness (QED) is 0.824. The van der Waals surface area contributed by atoms with E-state index in [0.29, 0.717) is 4.90 Å². The lowest BCUT2D eigenvalue weighted by molar-refractivity contribution is 0.601. The lowest BCUT2D eigenvalue weighted by Crippen LogP contribution is -2.18. The Labute approximate surface area is 109 Å². The van der Waals surface area contributed by atoms with E-state index < -0.39 is 0 Å². The van der Waals surface area contributed by atoms with Gasteiger partial charge in [0.15, 0.2) is 0 Å². The van der Waals surface area contributed by atoms with Crippen LogP contribution in [0.2, 0.25) is 0 Å². The third kappa shape index (κ3) is 3.31. The molecule has 0 aliphatic heterocycles. The number of thioether (sulfide) groups is 1. The maximum atomic E-state index is 13.4. The average molecular weight is 267 g/mol. The summed E-state index contributed by atoms with van der Waals surface area (Å²) in [6.07, 6.45) is 0. The van der Waals surface area contributed by atoms with Gasteiger partial charge in [-0.2, -0.15) is 11.3 Å². The van der Waals surface area contributed by atoms with Gasteiger partial charge >= 0.3 is 0 Å². The minimum absolute atomic E-state index is 0.141. The Balaban J connectivity index is 2.00. The van der Waals surface area contributed by atoms with Crippen LogP contribution in [0, 0.1) is 5.82 Å². The molecule has 17 heavy (non-hydrogen) atoms. The lowest BCUT2D eigenvalue weighted by Gasteiger charge is -2.14. The van der Waals surface area contributed by atoms with Gasteiger partial charge in [0.2, 0.25) is 0 Å². The minimum Gasteiger partial charge on any atom is -0.312 e. The highest BCUT2D eigenvalue weighted by atomic mass is 32.2. The van der Waals surface area contributed by atoms with E-state index >= 15 is 0 Å². The Kier molecular flexibility index (Phi) is 4.59. The van der Waals surface area contributed by atoms with E-state index in [2.05, 4.69) is 22.1 Å². The largest absolute Gasteiger partial charge is 0.312 e. The zero-order valence-electron chi connectivity index (χ0n) is 9.52. The van der Waals surface area contributed by atoms with Gasteiger partial charge in [0, 0.05) is 16.7 Å². The van der Waals surface area contributed by atoms with Crippen LogP contribution >= 0.6 is 23.1 Å². The van der Waals surface area contributed by atoms with Crippen LogP contribution in [0.3, 0.4) is 0 Å². The van der Waals surface area contributed by atoms with Crippen LogP contribution in [0.25, 0.3) is 0 Å². The standard InChI is InChI=1S/C13H14FNS2/c1-15-12(10-6-7-16-8-10)9-17-13-5-3-2-4-11(13)14/h2-8,12,15H,9H2,1H3. The molecule has 0 amide bonds. The van der Waals surface area contributed by atoms with Crippen molar-refractivity contribution in [3.05, 3.63) is 52.5 Å². The molecule has 0 radical (unpaired) electrons. The molecule has 0 aliphatic carbocycles. The van der Waals surface area contributed by atoms with Gasteiger partial charge in [-0.15, -0.1) is 11.8 Å². The van der Waals surface area contributed by atoms with E-state index in [1.54, 1.807) is 29.2 Å². The fourth-order valence-corrected chi connectivity index (χ4v) is 3.35. The van der Waals surface area contributed by atoms with Crippen LogP contribution in [0.4, 0.5) is 4.39 Å². The Morgan fingerprint density at radius 1 is 1.35 bits per heavy atom. The van der Waals surface area contributed by atoms with Crippen molar-refractivity contribution in [2.75, 3.05) is 12.8 Å². The molecule has 0 saturated heterocycles. The van der Waals surface area contributed by atoms with Crippen LogP contribution in [0.1, 0.15) is 11.6 Å². The SMILES string of the molecule is CNC(CSc1ccccc1F)c1ccsc1. The number of thiophene rings is 1. The molecule has 1 heterocycles. The summed E-state index contributed by atoms with van der Waals surface area (Å²) in [6.45, 7) is 0. The fraction of sp³-hybridized carbons (Fsp3) is 0.231. The second-order valence-electron chi connectivity index (χ2n) is 3.64. The van der Waals surface area contributed by atoms with E-state index in [1.807, 2.05) is 19.2 Å². The predicted octanol–water partition coefficient (Wildman–Crippen LogP) is 3.94. The second kappa shape index (κ2) is 6.19. The summed E-state index contributed by atoms with van der Waals surface area (Å²) < 4.78 is 13.4. The van der Waals surface area contributed by atoms with Gasteiger partial charge in [0.05, 0.1) is 0 Å². The first-order valence-electron chi connectivity index (χ1n) is 5.38. The first-order valence-corrected chi connectivity index (χ1v) is 7.31. The number of benzene rings is 1. The third-order valence-electron chi connectivity index (χ3n) is 2.54. The molecule has 0 bridgehead atoms. The Morgan fingerprint density at radius 3 is 2.82 bits per heavy atom. The highest BCUT2D eigenvalue weighted by molar-refractivity contribution is 7.99. The average Bonchev–Trinajstić information content (AvgIpc) is 2.86. The fourth-order valence-electron chi connectivity index (χ4n) is 1.55. The zero-order valence-corrected chi connectivity index (χ0v) is 11.2. The molecule has 0 fully saturated rings. The second-order valence-corrected chi connectivity index (χ2v) is 5.48. The summed E-state index contributed by atoms with van der Waals surface area (Å²) in [5.74, 6) is 0.687. The van der Waals surface area contributed by atoms with Crippen molar-refractivity contribution in [1.29, 1.82) is 0 Å². The van der Waals surface area contributed by atoms with Gasteiger partial charge in [-0.3, -0.25) is 0 Å². The predicted molar refractivity (Wildman–Crippen MR) is 73.2 cm³/mol. The Hall–Kier alpha value is -0.840. The summed E-state index contributed by atoms with van der Waals surface area (Å²) >= 11 is 3.23. The summed E-state index contributed by atoms with van der Waals surface area (Å²) in [7, 11) is 1.93. The van der Waals surface area contributed by atoms with Crippen molar-refractivity contribution >= 4 is 23.1 Å². The number of hydrogen-bond donors (Lipinski definition) is 1. The lowest BCUT2D eigenvalue weighted by atomic mass is 10.2. The summed E-state index contributed by atoms with van der Waals surface area (Å²) in [6, 6.07) is 9.28. The molecule has 1 nitrogen and oxygen atoms in total. The molecule has 1 aromatic carbocycles. The number of halogens is 1. The highest BCUT2D eigenvalue weighted by Crippen LogP contribution is 2.27. The molecule has 0 spiro atoms. The van der Waals surface area contributed by atoms with E-state index in [0.717, 1.165) is 5.75 Å². The van der Waals surface area contributed by atoms with Gasteiger partial charge in [0.25, 0.3) is 0 Å². The van der Waals surface area contributed by atoms with Crippen molar-refractivity contribution in [3.8, 4) is 0 Å².